The number of aromatic nitrogens is 3. The van der Waals surface area contributed by atoms with Crippen LogP contribution in [0.3, 0.4) is 0 Å². The molecule has 0 radical (unpaired) electrons. The maximum absolute atomic E-state index is 12.2. The number of pyridine rings is 1. The van der Waals surface area contributed by atoms with Crippen LogP contribution < -0.4 is 10.6 Å². The Morgan fingerprint density at radius 3 is 2.50 bits per heavy atom. The Kier molecular flexibility index (Phi) is 6.23. The maximum Gasteiger partial charge on any atom is 0.242 e. The highest BCUT2D eigenvalue weighted by molar-refractivity contribution is 5.84. The third-order valence-electron chi connectivity index (χ3n) is 3.84. The average Bonchev–Trinajstić information content (AvgIpc) is 2.61. The number of anilines is 1. The second kappa shape index (κ2) is 8.38. The largest absolute Gasteiger partial charge is 0.359 e. The normalized spacial score (nSPS) is 13.2. The van der Waals surface area contributed by atoms with E-state index in [-0.39, 0.29) is 18.0 Å². The molecule has 0 fully saturated rings. The molecular formula is C18H25N5O. The first kappa shape index (κ1) is 17.8. The second-order valence-electron chi connectivity index (χ2n) is 5.84. The number of aryl methyl sites for hydroxylation is 1. The predicted octanol–water partition coefficient (Wildman–Crippen LogP) is 2.82. The van der Waals surface area contributed by atoms with E-state index in [1.54, 1.807) is 12.4 Å². The molecule has 6 heteroatoms. The Hall–Kier alpha value is -2.50. The van der Waals surface area contributed by atoms with Crippen LogP contribution in [0.1, 0.15) is 39.8 Å². The van der Waals surface area contributed by atoms with Gasteiger partial charge in [0.05, 0.1) is 0 Å². The molecule has 24 heavy (non-hydrogen) atoms. The van der Waals surface area contributed by atoms with Crippen molar-refractivity contribution in [1.29, 1.82) is 0 Å². The molecule has 0 aliphatic carbocycles. The van der Waals surface area contributed by atoms with Crippen LogP contribution in [0.15, 0.2) is 30.6 Å². The van der Waals surface area contributed by atoms with Crippen LogP contribution in [0.2, 0.25) is 0 Å². The fourth-order valence-corrected chi connectivity index (χ4v) is 2.14. The molecule has 0 aliphatic heterocycles. The van der Waals surface area contributed by atoms with Crippen molar-refractivity contribution in [3.8, 4) is 11.4 Å². The first-order chi connectivity index (χ1) is 11.5. The lowest BCUT2D eigenvalue weighted by molar-refractivity contribution is -0.122. The molecular weight excluding hydrogens is 302 g/mol. The molecule has 2 aromatic rings. The molecule has 0 bridgehead atoms. The summed E-state index contributed by atoms with van der Waals surface area (Å²) >= 11 is 0. The number of hydrogen-bond acceptors (Lipinski definition) is 5. The molecule has 0 aromatic carbocycles. The molecule has 2 N–H and O–H groups in total. The Labute approximate surface area is 143 Å². The first-order valence-electron chi connectivity index (χ1n) is 8.38. The quantitative estimate of drug-likeness (QED) is 0.817. The van der Waals surface area contributed by atoms with E-state index < -0.39 is 0 Å². The molecule has 0 aliphatic rings. The van der Waals surface area contributed by atoms with Crippen LogP contribution in [0.4, 0.5) is 5.82 Å². The molecule has 0 unspecified atom stereocenters. The van der Waals surface area contributed by atoms with E-state index in [1.165, 1.54) is 0 Å². The van der Waals surface area contributed by atoms with Gasteiger partial charge in [0, 0.05) is 35.8 Å². The van der Waals surface area contributed by atoms with Crippen molar-refractivity contribution in [2.45, 2.75) is 52.6 Å². The third-order valence-corrected chi connectivity index (χ3v) is 3.84. The van der Waals surface area contributed by atoms with Crippen molar-refractivity contribution in [3.63, 3.8) is 0 Å². The van der Waals surface area contributed by atoms with Gasteiger partial charge in [-0.05, 0) is 38.8 Å². The van der Waals surface area contributed by atoms with Crippen LogP contribution in [-0.2, 0) is 11.2 Å². The van der Waals surface area contributed by atoms with Gasteiger partial charge < -0.3 is 10.6 Å². The van der Waals surface area contributed by atoms with Crippen molar-refractivity contribution in [2.75, 3.05) is 5.32 Å². The van der Waals surface area contributed by atoms with Crippen molar-refractivity contribution in [2.24, 2.45) is 0 Å². The van der Waals surface area contributed by atoms with E-state index in [0.29, 0.717) is 11.6 Å². The lowest BCUT2D eigenvalue weighted by atomic mass is 10.2. The Balaban J connectivity index is 2.19. The van der Waals surface area contributed by atoms with E-state index in [4.69, 9.17) is 0 Å². The number of amides is 1. The van der Waals surface area contributed by atoms with E-state index in [9.17, 15) is 4.79 Å². The number of nitrogens with zero attached hydrogens (tertiary/aromatic N) is 3. The highest BCUT2D eigenvalue weighted by Gasteiger charge is 2.16. The van der Waals surface area contributed by atoms with Crippen molar-refractivity contribution in [1.82, 2.24) is 20.3 Å². The zero-order chi connectivity index (χ0) is 17.5. The van der Waals surface area contributed by atoms with Crippen LogP contribution in [-0.4, -0.2) is 32.9 Å². The monoisotopic (exact) mass is 327 g/mol. The fourth-order valence-electron chi connectivity index (χ4n) is 2.14. The summed E-state index contributed by atoms with van der Waals surface area (Å²) in [5, 5.41) is 6.15. The summed E-state index contributed by atoms with van der Waals surface area (Å²) in [7, 11) is 0. The fraction of sp³-hybridized carbons (Fsp3) is 0.444. The predicted molar refractivity (Wildman–Crippen MR) is 95.6 cm³/mol. The topological polar surface area (TPSA) is 79.8 Å². The molecule has 2 rings (SSSR count). The summed E-state index contributed by atoms with van der Waals surface area (Å²) in [6.45, 7) is 7.91. The van der Waals surface area contributed by atoms with Crippen LogP contribution in [0.25, 0.3) is 11.4 Å². The number of nitrogens with one attached hydrogen (secondary N) is 2. The zero-order valence-corrected chi connectivity index (χ0v) is 14.7. The van der Waals surface area contributed by atoms with Crippen molar-refractivity contribution in [3.05, 3.63) is 36.3 Å². The van der Waals surface area contributed by atoms with Crippen LogP contribution >= 0.6 is 0 Å². The summed E-state index contributed by atoms with van der Waals surface area (Å²) in [5.74, 6) is 1.25. The second-order valence-corrected chi connectivity index (χ2v) is 5.84. The van der Waals surface area contributed by atoms with Gasteiger partial charge >= 0.3 is 0 Å². The molecule has 1 amide bonds. The highest BCUT2D eigenvalue weighted by atomic mass is 16.2. The van der Waals surface area contributed by atoms with Crippen LogP contribution in [0.5, 0.6) is 0 Å². The Morgan fingerprint density at radius 1 is 1.17 bits per heavy atom. The third kappa shape index (κ3) is 4.75. The Bertz CT molecular complexity index is 674. The first-order valence-corrected chi connectivity index (χ1v) is 8.38. The van der Waals surface area contributed by atoms with Gasteiger partial charge in [-0.25, -0.2) is 9.97 Å². The summed E-state index contributed by atoms with van der Waals surface area (Å²) < 4.78 is 0. The number of carbonyl (C=O) groups excluding carboxylic acids is 1. The van der Waals surface area contributed by atoms with Crippen molar-refractivity contribution < 1.29 is 4.79 Å². The van der Waals surface area contributed by atoms with Crippen molar-refractivity contribution >= 4 is 11.7 Å². The van der Waals surface area contributed by atoms with E-state index in [1.807, 2.05) is 45.9 Å². The lowest BCUT2D eigenvalue weighted by Gasteiger charge is -2.18. The molecule has 0 spiro atoms. The van der Waals surface area contributed by atoms with Gasteiger partial charge in [0.1, 0.15) is 11.9 Å². The maximum atomic E-state index is 12.2. The molecule has 2 atom stereocenters. The zero-order valence-electron chi connectivity index (χ0n) is 14.7. The molecule has 2 aromatic heterocycles. The van der Waals surface area contributed by atoms with E-state index in [2.05, 4.69) is 25.6 Å². The van der Waals surface area contributed by atoms with Gasteiger partial charge in [0.2, 0.25) is 5.91 Å². The SMILES string of the molecule is CCc1cc(N[C@@H](C)C(=O)N[C@@H](C)CC)nc(-c2ccncc2)n1. The molecule has 0 saturated heterocycles. The molecule has 6 nitrogen and oxygen atoms in total. The lowest BCUT2D eigenvalue weighted by Crippen LogP contribution is -2.42. The highest BCUT2D eigenvalue weighted by Crippen LogP contribution is 2.18. The summed E-state index contributed by atoms with van der Waals surface area (Å²) in [6, 6.07) is 5.42. The number of rotatable bonds is 7. The number of hydrogen-bond donors (Lipinski definition) is 2. The summed E-state index contributed by atoms with van der Waals surface area (Å²) in [6.07, 6.45) is 5.13. The van der Waals surface area contributed by atoms with Crippen LogP contribution in [0, 0.1) is 0 Å². The van der Waals surface area contributed by atoms with E-state index in [0.717, 1.165) is 24.1 Å². The van der Waals surface area contributed by atoms with Gasteiger partial charge in [-0.3, -0.25) is 9.78 Å². The molecule has 2 heterocycles. The van der Waals surface area contributed by atoms with Gasteiger partial charge in [0.25, 0.3) is 0 Å². The Morgan fingerprint density at radius 2 is 1.88 bits per heavy atom. The smallest absolute Gasteiger partial charge is 0.242 e. The minimum Gasteiger partial charge on any atom is -0.359 e. The van der Waals surface area contributed by atoms with Gasteiger partial charge in [-0.2, -0.15) is 0 Å². The van der Waals surface area contributed by atoms with Gasteiger partial charge in [-0.1, -0.05) is 13.8 Å². The number of carbonyl (C=O) groups is 1. The molecule has 0 saturated carbocycles. The summed E-state index contributed by atoms with van der Waals surface area (Å²) in [4.78, 5) is 25.3. The van der Waals surface area contributed by atoms with Gasteiger partial charge in [-0.15, -0.1) is 0 Å². The minimum atomic E-state index is -0.371. The minimum absolute atomic E-state index is 0.0357. The standard InChI is InChI=1S/C18H25N5O/c1-5-12(3)20-18(24)13(4)21-16-11-15(6-2)22-17(23-16)14-7-9-19-10-8-14/h7-13H,5-6H2,1-4H3,(H,20,24)(H,21,22,23)/t12-,13-/m0/s1. The van der Waals surface area contributed by atoms with E-state index >= 15 is 0 Å². The summed E-state index contributed by atoms with van der Waals surface area (Å²) in [5.41, 5.74) is 1.83. The van der Waals surface area contributed by atoms with Gasteiger partial charge in [0.15, 0.2) is 5.82 Å². The molecule has 128 valence electrons. The average molecular weight is 327 g/mol.